The molecule has 1 amide bonds. The molecule has 1 aliphatic heterocycles. The molecular weight excluding hydrogens is 425 g/mol. The van der Waals surface area contributed by atoms with Crippen molar-refractivity contribution in [3.05, 3.63) is 71.6 Å². The lowest BCUT2D eigenvalue weighted by molar-refractivity contribution is -0.274. The number of fused-ring (bicyclic) bond motifs is 1. The molecule has 2 aromatic heterocycles. The smallest absolute Gasteiger partial charge is 0.406 e. The number of nitrogens with one attached hydrogen (secondary N) is 1. The van der Waals surface area contributed by atoms with Gasteiger partial charge in [-0.1, -0.05) is 12.1 Å². The van der Waals surface area contributed by atoms with E-state index in [0.29, 0.717) is 30.9 Å². The van der Waals surface area contributed by atoms with Gasteiger partial charge in [-0.3, -0.25) is 14.7 Å². The van der Waals surface area contributed by atoms with E-state index in [0.717, 1.165) is 24.5 Å². The molecule has 0 fully saturated rings. The molecule has 11 heteroatoms. The van der Waals surface area contributed by atoms with Crippen LogP contribution in [0.5, 0.6) is 5.75 Å². The molecule has 32 heavy (non-hydrogen) atoms. The third-order valence-electron chi connectivity index (χ3n) is 5.11. The lowest BCUT2D eigenvalue weighted by Gasteiger charge is -2.20. The first kappa shape index (κ1) is 21.8. The average Bonchev–Trinajstić information content (AvgIpc) is 3.05. The number of alkyl halides is 3. The molecule has 4 rings (SSSR count). The Labute approximate surface area is 182 Å². The lowest BCUT2D eigenvalue weighted by atomic mass is 10.2. The Hall–Kier alpha value is -3.47. The molecule has 0 spiro atoms. The summed E-state index contributed by atoms with van der Waals surface area (Å²) in [6, 6.07) is 9.18. The molecule has 8 nitrogen and oxygen atoms in total. The topological polar surface area (TPSA) is 85.2 Å². The molecular formula is C21H21F3N6O2. The number of carbonyl (C=O) groups is 1. The van der Waals surface area contributed by atoms with Gasteiger partial charge in [-0.2, -0.15) is 0 Å². The number of nitrogens with zero attached hydrogens (tertiary/aromatic N) is 5. The van der Waals surface area contributed by atoms with Gasteiger partial charge in [0.1, 0.15) is 11.6 Å². The van der Waals surface area contributed by atoms with E-state index in [9.17, 15) is 18.0 Å². The molecule has 0 aliphatic carbocycles. The van der Waals surface area contributed by atoms with Crippen LogP contribution in [0.15, 0.2) is 48.8 Å². The second-order valence-corrected chi connectivity index (χ2v) is 7.32. The van der Waals surface area contributed by atoms with E-state index in [1.165, 1.54) is 12.1 Å². The van der Waals surface area contributed by atoms with Crippen molar-refractivity contribution in [2.45, 2.75) is 32.4 Å². The van der Waals surface area contributed by atoms with Crippen molar-refractivity contribution in [1.82, 2.24) is 30.0 Å². The largest absolute Gasteiger partial charge is 0.573 e. The highest BCUT2D eigenvalue weighted by molar-refractivity contribution is 5.93. The molecule has 3 heterocycles. The summed E-state index contributed by atoms with van der Waals surface area (Å²) in [5, 5.41) is 11.3. The molecule has 1 aliphatic rings. The Morgan fingerprint density at radius 1 is 1.03 bits per heavy atom. The number of carbonyl (C=O) groups excluding carboxylic acids is 1. The van der Waals surface area contributed by atoms with Crippen molar-refractivity contribution in [3.8, 4) is 5.75 Å². The van der Waals surface area contributed by atoms with E-state index < -0.39 is 6.36 Å². The van der Waals surface area contributed by atoms with Crippen LogP contribution < -0.4 is 10.1 Å². The molecule has 3 aromatic rings. The SMILES string of the molecule is O=C(NCc1nnc2n1CCN(Cc1ccc(OC(F)(F)F)cc1)CC2)c1ccncc1. The monoisotopic (exact) mass is 446 g/mol. The first-order valence-electron chi connectivity index (χ1n) is 10.0. The normalized spacial score (nSPS) is 14.5. The molecule has 1 N–H and O–H groups in total. The molecule has 168 valence electrons. The zero-order valence-electron chi connectivity index (χ0n) is 17.0. The Kier molecular flexibility index (Phi) is 6.35. The van der Waals surface area contributed by atoms with E-state index in [1.54, 1.807) is 36.7 Å². The number of amides is 1. The van der Waals surface area contributed by atoms with Crippen molar-refractivity contribution < 1.29 is 22.7 Å². The van der Waals surface area contributed by atoms with E-state index in [-0.39, 0.29) is 18.2 Å². The number of benzene rings is 1. The molecule has 0 atom stereocenters. The standard InChI is InChI=1S/C21H21F3N6O2/c22-21(23,24)32-17-3-1-15(2-4-17)14-29-10-7-18-27-28-19(30(18)12-11-29)13-26-20(31)16-5-8-25-9-6-16/h1-6,8-9H,7,10-14H2,(H,26,31). The van der Waals surface area contributed by atoms with Gasteiger partial charge in [0.15, 0.2) is 5.82 Å². The van der Waals surface area contributed by atoms with Gasteiger partial charge in [0.05, 0.1) is 6.54 Å². The number of hydrogen-bond acceptors (Lipinski definition) is 6. The van der Waals surface area contributed by atoms with Gasteiger partial charge in [-0.25, -0.2) is 0 Å². The zero-order valence-corrected chi connectivity index (χ0v) is 17.0. The Balaban J connectivity index is 1.33. The quantitative estimate of drug-likeness (QED) is 0.627. The molecule has 0 saturated carbocycles. The van der Waals surface area contributed by atoms with Crippen molar-refractivity contribution in [2.24, 2.45) is 0 Å². The van der Waals surface area contributed by atoms with E-state index in [4.69, 9.17) is 0 Å². The first-order chi connectivity index (χ1) is 15.4. The van der Waals surface area contributed by atoms with Crippen LogP contribution in [0.2, 0.25) is 0 Å². The van der Waals surface area contributed by atoms with Gasteiger partial charge in [0.25, 0.3) is 5.91 Å². The predicted molar refractivity (Wildman–Crippen MR) is 108 cm³/mol. The maximum atomic E-state index is 12.3. The summed E-state index contributed by atoms with van der Waals surface area (Å²) in [5.41, 5.74) is 1.41. The highest BCUT2D eigenvalue weighted by Gasteiger charge is 2.31. The van der Waals surface area contributed by atoms with Gasteiger partial charge in [-0.15, -0.1) is 23.4 Å². The second kappa shape index (κ2) is 9.35. The van der Waals surface area contributed by atoms with Crippen LogP contribution in [0.4, 0.5) is 13.2 Å². The van der Waals surface area contributed by atoms with Crippen LogP contribution in [-0.4, -0.2) is 50.0 Å². The fourth-order valence-electron chi connectivity index (χ4n) is 3.54. The minimum absolute atomic E-state index is 0.210. The highest BCUT2D eigenvalue weighted by Crippen LogP contribution is 2.23. The average molecular weight is 446 g/mol. The van der Waals surface area contributed by atoms with Crippen LogP contribution >= 0.6 is 0 Å². The molecule has 0 saturated heterocycles. The van der Waals surface area contributed by atoms with Gasteiger partial charge >= 0.3 is 6.36 Å². The van der Waals surface area contributed by atoms with Crippen LogP contribution in [0, 0.1) is 0 Å². The van der Waals surface area contributed by atoms with Crippen molar-refractivity contribution in [3.63, 3.8) is 0 Å². The number of halogens is 3. The number of rotatable bonds is 6. The Bertz CT molecular complexity index is 1050. The van der Waals surface area contributed by atoms with Gasteiger partial charge in [-0.05, 0) is 29.8 Å². The van der Waals surface area contributed by atoms with Crippen molar-refractivity contribution >= 4 is 5.91 Å². The van der Waals surface area contributed by atoms with Crippen molar-refractivity contribution in [1.29, 1.82) is 0 Å². The lowest BCUT2D eigenvalue weighted by Crippen LogP contribution is -2.28. The summed E-state index contributed by atoms with van der Waals surface area (Å²) < 4.78 is 42.8. The zero-order chi connectivity index (χ0) is 22.6. The number of ether oxygens (including phenoxy) is 1. The third kappa shape index (κ3) is 5.61. The summed E-state index contributed by atoms with van der Waals surface area (Å²) in [6.45, 7) is 2.96. The summed E-state index contributed by atoms with van der Waals surface area (Å²) in [7, 11) is 0. The Morgan fingerprint density at radius 2 is 1.78 bits per heavy atom. The molecule has 0 unspecified atom stereocenters. The van der Waals surface area contributed by atoms with Gasteiger partial charge in [0, 0.05) is 50.6 Å². The number of pyridine rings is 1. The van der Waals surface area contributed by atoms with Crippen molar-refractivity contribution in [2.75, 3.05) is 13.1 Å². The minimum Gasteiger partial charge on any atom is -0.406 e. The van der Waals surface area contributed by atoms with E-state index in [1.807, 2.05) is 4.57 Å². The fourth-order valence-corrected chi connectivity index (χ4v) is 3.54. The summed E-state index contributed by atoms with van der Waals surface area (Å²) in [5.74, 6) is 1.08. The predicted octanol–water partition coefficient (Wildman–Crippen LogP) is 2.56. The van der Waals surface area contributed by atoms with Crippen LogP contribution in [-0.2, 0) is 26.1 Å². The maximum Gasteiger partial charge on any atom is 0.573 e. The highest BCUT2D eigenvalue weighted by atomic mass is 19.4. The first-order valence-corrected chi connectivity index (χ1v) is 10.0. The van der Waals surface area contributed by atoms with Gasteiger partial charge in [0.2, 0.25) is 0 Å². The summed E-state index contributed by atoms with van der Waals surface area (Å²) >= 11 is 0. The fraction of sp³-hybridized carbons (Fsp3) is 0.333. The molecule has 0 radical (unpaired) electrons. The van der Waals surface area contributed by atoms with E-state index >= 15 is 0 Å². The number of aromatic nitrogens is 4. The van der Waals surface area contributed by atoms with Crippen LogP contribution in [0.25, 0.3) is 0 Å². The summed E-state index contributed by atoms with van der Waals surface area (Å²) in [6.07, 6.45) is -0.899. The Morgan fingerprint density at radius 3 is 2.50 bits per heavy atom. The third-order valence-corrected chi connectivity index (χ3v) is 5.11. The second-order valence-electron chi connectivity index (χ2n) is 7.32. The maximum absolute atomic E-state index is 12.3. The van der Waals surface area contributed by atoms with E-state index in [2.05, 4.69) is 30.1 Å². The van der Waals surface area contributed by atoms with Gasteiger partial charge < -0.3 is 14.6 Å². The molecule has 1 aromatic carbocycles. The van der Waals surface area contributed by atoms with Crippen LogP contribution in [0.1, 0.15) is 27.6 Å². The summed E-state index contributed by atoms with van der Waals surface area (Å²) in [4.78, 5) is 18.4. The number of hydrogen-bond donors (Lipinski definition) is 1. The molecule has 0 bridgehead atoms. The van der Waals surface area contributed by atoms with Crippen LogP contribution in [0.3, 0.4) is 0 Å². The minimum atomic E-state index is -4.70.